The maximum absolute atomic E-state index is 13.5. The number of ether oxygens (including phenoxy) is 2. The van der Waals surface area contributed by atoms with Gasteiger partial charge < -0.3 is 36.5 Å². The molecular weight excluding hydrogens is 472 g/mol. The minimum Gasteiger partial charge on any atom is -0.494 e. The minimum absolute atomic E-state index is 0.0277. The molecule has 10 nitrogen and oxygen atoms in total. The van der Waals surface area contributed by atoms with E-state index in [0.29, 0.717) is 39.0 Å². The van der Waals surface area contributed by atoms with Gasteiger partial charge in [-0.05, 0) is 49.4 Å². The second-order valence-electron chi connectivity index (χ2n) is 9.10. The molecule has 0 spiro atoms. The Labute approximate surface area is 218 Å². The SMILES string of the molecule is CCOc1ccc(CC(N)C(=O)N[C@@H](C(=O)NC2CCN(C(=N)N)CC2)[C@H](OC)c2ccccc2)cc1. The molecule has 1 aliphatic heterocycles. The van der Waals surface area contributed by atoms with Gasteiger partial charge in [0.2, 0.25) is 11.8 Å². The Hall–Kier alpha value is -3.63. The molecular formula is C27H38N6O4. The molecule has 0 aliphatic carbocycles. The van der Waals surface area contributed by atoms with Crippen molar-refractivity contribution < 1.29 is 19.1 Å². The van der Waals surface area contributed by atoms with Crippen molar-refractivity contribution in [1.82, 2.24) is 15.5 Å². The van der Waals surface area contributed by atoms with E-state index in [1.807, 2.05) is 61.5 Å². The number of guanidine groups is 1. The fourth-order valence-electron chi connectivity index (χ4n) is 4.44. The first kappa shape index (κ1) is 27.9. The van der Waals surface area contributed by atoms with Gasteiger partial charge in [-0.25, -0.2) is 0 Å². The van der Waals surface area contributed by atoms with Crippen molar-refractivity contribution in [1.29, 1.82) is 5.41 Å². The second-order valence-corrected chi connectivity index (χ2v) is 9.10. The van der Waals surface area contributed by atoms with Gasteiger partial charge in [-0.1, -0.05) is 42.5 Å². The summed E-state index contributed by atoms with van der Waals surface area (Å²) in [4.78, 5) is 28.4. The highest BCUT2D eigenvalue weighted by atomic mass is 16.5. The molecule has 1 heterocycles. The molecule has 10 heteroatoms. The topological polar surface area (TPSA) is 156 Å². The van der Waals surface area contributed by atoms with E-state index in [2.05, 4.69) is 10.6 Å². The summed E-state index contributed by atoms with van der Waals surface area (Å²) in [7, 11) is 1.51. The van der Waals surface area contributed by atoms with Crippen LogP contribution >= 0.6 is 0 Å². The van der Waals surface area contributed by atoms with E-state index >= 15 is 0 Å². The molecule has 3 rings (SSSR count). The molecule has 37 heavy (non-hydrogen) atoms. The van der Waals surface area contributed by atoms with Crippen molar-refractivity contribution in [3.05, 3.63) is 65.7 Å². The van der Waals surface area contributed by atoms with E-state index in [1.165, 1.54) is 7.11 Å². The number of nitrogens with two attached hydrogens (primary N) is 2. The van der Waals surface area contributed by atoms with Crippen LogP contribution in [0.2, 0.25) is 0 Å². The summed E-state index contributed by atoms with van der Waals surface area (Å²) in [6.07, 6.45) is 0.887. The highest BCUT2D eigenvalue weighted by Crippen LogP contribution is 2.22. The van der Waals surface area contributed by atoms with Gasteiger partial charge in [-0.2, -0.15) is 0 Å². The summed E-state index contributed by atoms with van der Waals surface area (Å²) >= 11 is 0. The third kappa shape index (κ3) is 7.93. The summed E-state index contributed by atoms with van der Waals surface area (Å²) in [6, 6.07) is 14.8. The number of likely N-dealkylation sites (tertiary alicyclic amines) is 1. The predicted molar refractivity (Wildman–Crippen MR) is 142 cm³/mol. The molecule has 1 unspecified atom stereocenters. The average molecular weight is 511 g/mol. The Bertz CT molecular complexity index is 1020. The second kappa shape index (κ2) is 13.6. The quantitative estimate of drug-likeness (QED) is 0.225. The fraction of sp³-hybridized carbons (Fsp3) is 0.444. The number of benzene rings is 2. The van der Waals surface area contributed by atoms with Gasteiger partial charge in [0.25, 0.3) is 0 Å². The number of nitrogens with one attached hydrogen (secondary N) is 3. The first-order valence-electron chi connectivity index (χ1n) is 12.6. The zero-order valence-electron chi connectivity index (χ0n) is 21.5. The largest absolute Gasteiger partial charge is 0.494 e. The number of amides is 2. The van der Waals surface area contributed by atoms with E-state index in [1.54, 1.807) is 4.90 Å². The lowest BCUT2D eigenvalue weighted by Crippen LogP contribution is -2.57. The van der Waals surface area contributed by atoms with Crippen LogP contribution in [0.1, 0.15) is 37.0 Å². The minimum atomic E-state index is -0.989. The average Bonchev–Trinajstić information content (AvgIpc) is 2.90. The third-order valence-corrected chi connectivity index (χ3v) is 6.47. The number of rotatable bonds is 11. The molecule has 2 aromatic rings. The molecule has 200 valence electrons. The monoisotopic (exact) mass is 510 g/mol. The summed E-state index contributed by atoms with van der Waals surface area (Å²) < 4.78 is 11.2. The number of nitrogens with zero attached hydrogens (tertiary/aromatic N) is 1. The maximum atomic E-state index is 13.5. The van der Waals surface area contributed by atoms with Crippen LogP contribution < -0.4 is 26.8 Å². The molecule has 1 fully saturated rings. The first-order valence-corrected chi connectivity index (χ1v) is 12.6. The zero-order chi connectivity index (χ0) is 26.8. The van der Waals surface area contributed by atoms with Gasteiger partial charge in [0.1, 0.15) is 17.9 Å². The number of carbonyl (C=O) groups is 2. The Morgan fingerprint density at radius 2 is 1.73 bits per heavy atom. The molecule has 0 bridgehead atoms. The van der Waals surface area contributed by atoms with Crippen LogP contribution in [0.15, 0.2) is 54.6 Å². The van der Waals surface area contributed by atoms with Gasteiger partial charge in [-0.3, -0.25) is 15.0 Å². The Balaban J connectivity index is 1.71. The fourth-order valence-corrected chi connectivity index (χ4v) is 4.44. The number of carbonyl (C=O) groups excluding carboxylic acids is 2. The van der Waals surface area contributed by atoms with Crippen molar-refractivity contribution in [2.24, 2.45) is 11.5 Å². The molecule has 7 N–H and O–H groups in total. The number of methoxy groups -OCH3 is 1. The van der Waals surface area contributed by atoms with Gasteiger partial charge in [0.05, 0.1) is 12.6 Å². The van der Waals surface area contributed by atoms with Gasteiger partial charge >= 0.3 is 0 Å². The molecule has 3 atom stereocenters. The maximum Gasteiger partial charge on any atom is 0.245 e. The van der Waals surface area contributed by atoms with Crippen molar-refractivity contribution in [3.8, 4) is 5.75 Å². The standard InChI is InChI=1S/C27H38N6O4/c1-3-37-21-11-9-18(10-12-21)17-22(28)25(34)32-23(24(36-2)19-7-5-4-6-8-19)26(35)31-20-13-15-33(16-14-20)27(29)30/h4-12,20,22-24H,3,13-17,28H2,1-2H3,(H3,29,30)(H,31,35)(H,32,34)/t22?,23-,24-/m1/s1. The zero-order valence-corrected chi connectivity index (χ0v) is 21.5. The Morgan fingerprint density at radius 1 is 1.08 bits per heavy atom. The Morgan fingerprint density at radius 3 is 2.30 bits per heavy atom. The van der Waals surface area contributed by atoms with Crippen LogP contribution in [0.4, 0.5) is 0 Å². The van der Waals surface area contributed by atoms with Crippen LogP contribution in [0.25, 0.3) is 0 Å². The molecule has 1 aliphatic rings. The van der Waals surface area contributed by atoms with Crippen LogP contribution in [-0.4, -0.2) is 67.6 Å². The number of hydrogen-bond acceptors (Lipinski definition) is 6. The lowest BCUT2D eigenvalue weighted by Gasteiger charge is -2.34. The van der Waals surface area contributed by atoms with E-state index in [0.717, 1.165) is 16.9 Å². The summed E-state index contributed by atoms with van der Waals surface area (Å²) in [5.41, 5.74) is 13.5. The predicted octanol–water partition coefficient (Wildman–Crippen LogP) is 1.30. The van der Waals surface area contributed by atoms with Crippen LogP contribution in [0.3, 0.4) is 0 Å². The molecule has 0 saturated carbocycles. The Kier molecular flexibility index (Phi) is 10.3. The smallest absolute Gasteiger partial charge is 0.245 e. The van der Waals surface area contributed by atoms with Crippen LogP contribution in [0.5, 0.6) is 5.75 Å². The molecule has 0 radical (unpaired) electrons. The lowest BCUT2D eigenvalue weighted by molar-refractivity contribution is -0.133. The van der Waals surface area contributed by atoms with E-state index in [4.69, 9.17) is 26.4 Å². The number of piperidine rings is 1. The summed E-state index contributed by atoms with van der Waals surface area (Å²) in [5, 5.41) is 13.5. The van der Waals surface area contributed by atoms with Crippen molar-refractivity contribution in [3.63, 3.8) is 0 Å². The normalized spacial score (nSPS) is 16.4. The van der Waals surface area contributed by atoms with Crippen LogP contribution in [-0.2, 0) is 20.7 Å². The van der Waals surface area contributed by atoms with Gasteiger partial charge in [0, 0.05) is 26.2 Å². The lowest BCUT2D eigenvalue weighted by atomic mass is 9.98. The van der Waals surface area contributed by atoms with E-state index < -0.39 is 24.1 Å². The van der Waals surface area contributed by atoms with Gasteiger partial charge in [-0.15, -0.1) is 0 Å². The molecule has 2 aromatic carbocycles. The number of hydrogen-bond donors (Lipinski definition) is 5. The molecule has 1 saturated heterocycles. The van der Waals surface area contributed by atoms with Crippen LogP contribution in [0, 0.1) is 5.41 Å². The van der Waals surface area contributed by atoms with E-state index in [-0.39, 0.29) is 17.9 Å². The van der Waals surface area contributed by atoms with Crippen molar-refractivity contribution >= 4 is 17.8 Å². The first-order chi connectivity index (χ1) is 17.8. The molecule has 2 amide bonds. The highest BCUT2D eigenvalue weighted by molar-refractivity contribution is 5.90. The summed E-state index contributed by atoms with van der Waals surface area (Å²) in [6.45, 7) is 3.65. The van der Waals surface area contributed by atoms with Gasteiger partial charge in [0.15, 0.2) is 5.96 Å². The summed E-state index contributed by atoms with van der Waals surface area (Å²) in [5.74, 6) is -0.0158. The van der Waals surface area contributed by atoms with Crippen molar-refractivity contribution in [2.45, 2.75) is 50.4 Å². The van der Waals surface area contributed by atoms with Crippen molar-refractivity contribution in [2.75, 3.05) is 26.8 Å². The van der Waals surface area contributed by atoms with E-state index in [9.17, 15) is 9.59 Å². The third-order valence-electron chi connectivity index (χ3n) is 6.47. The highest BCUT2D eigenvalue weighted by Gasteiger charge is 2.34. The molecule has 0 aromatic heterocycles.